The Hall–Kier alpha value is -1.52. The van der Waals surface area contributed by atoms with Crippen LogP contribution in [0.4, 0.5) is 11.5 Å². The normalized spacial score (nSPS) is 16.4. The van der Waals surface area contributed by atoms with Gasteiger partial charge in [0.15, 0.2) is 5.82 Å². The lowest BCUT2D eigenvalue weighted by molar-refractivity contribution is 0.260. The Bertz CT molecular complexity index is 442. The largest absolute Gasteiger partial charge is 0.476 e. The number of nitrogens with two attached hydrogens (primary N) is 1. The number of aromatic nitrogens is 2. The third kappa shape index (κ3) is 3.52. The number of rotatable bonds is 5. The number of nitrogen functional groups attached to an aromatic ring is 1. The lowest BCUT2D eigenvalue weighted by atomic mass is 9.88. The van der Waals surface area contributed by atoms with Crippen LogP contribution in [0, 0.1) is 5.92 Å². The smallest absolute Gasteiger partial charge is 0.242 e. The Balaban J connectivity index is 2.25. The van der Waals surface area contributed by atoms with Crippen molar-refractivity contribution in [1.82, 2.24) is 9.97 Å². The molecule has 0 aromatic carbocycles. The number of hydrogen-bond donors (Lipinski definition) is 2. The summed E-state index contributed by atoms with van der Waals surface area (Å²) in [6.45, 7) is 4.84. The van der Waals surface area contributed by atoms with E-state index in [1.54, 1.807) is 0 Å². The van der Waals surface area contributed by atoms with Crippen LogP contribution in [0.1, 0.15) is 57.7 Å². The van der Waals surface area contributed by atoms with Crippen molar-refractivity contribution in [3.8, 4) is 5.88 Å². The summed E-state index contributed by atoms with van der Waals surface area (Å²) in [5, 5.41) is 3.05. The molecule has 1 saturated carbocycles. The molecule has 112 valence electrons. The number of nitrogens with zero attached hydrogens (tertiary/aromatic N) is 2. The highest BCUT2D eigenvalue weighted by Gasteiger charge is 2.21. The van der Waals surface area contributed by atoms with Crippen LogP contribution in [0.15, 0.2) is 0 Å². The zero-order valence-electron chi connectivity index (χ0n) is 12.8. The van der Waals surface area contributed by atoms with E-state index >= 15 is 0 Å². The molecule has 0 spiro atoms. The molecular formula is C15H26N4O. The van der Waals surface area contributed by atoms with E-state index in [1.165, 1.54) is 19.3 Å². The predicted octanol–water partition coefficient (Wildman–Crippen LogP) is 3.18. The van der Waals surface area contributed by atoms with E-state index in [2.05, 4.69) is 29.1 Å². The molecule has 2 rings (SSSR count). The minimum Gasteiger partial charge on any atom is -0.476 e. The second kappa shape index (κ2) is 6.77. The Labute approximate surface area is 121 Å². The molecular weight excluding hydrogens is 252 g/mol. The molecule has 1 heterocycles. The number of ether oxygens (including phenoxy) is 1. The maximum atomic E-state index is 6.07. The molecule has 3 N–H and O–H groups in total. The van der Waals surface area contributed by atoms with Crippen LogP contribution in [0.5, 0.6) is 5.88 Å². The Morgan fingerprint density at radius 3 is 2.55 bits per heavy atom. The average molecular weight is 278 g/mol. The van der Waals surface area contributed by atoms with Crippen LogP contribution >= 0.6 is 0 Å². The van der Waals surface area contributed by atoms with Gasteiger partial charge in [-0.15, -0.1) is 0 Å². The van der Waals surface area contributed by atoms with E-state index in [9.17, 15) is 0 Å². The molecule has 0 aliphatic heterocycles. The van der Waals surface area contributed by atoms with Crippen molar-refractivity contribution in [3.05, 3.63) is 5.82 Å². The topological polar surface area (TPSA) is 73.1 Å². The molecule has 20 heavy (non-hydrogen) atoms. The third-order valence-electron chi connectivity index (χ3n) is 3.69. The molecule has 5 heteroatoms. The van der Waals surface area contributed by atoms with Crippen molar-refractivity contribution in [3.63, 3.8) is 0 Å². The van der Waals surface area contributed by atoms with Crippen molar-refractivity contribution in [2.24, 2.45) is 5.92 Å². The van der Waals surface area contributed by atoms with Gasteiger partial charge in [0.1, 0.15) is 11.5 Å². The van der Waals surface area contributed by atoms with E-state index in [0.29, 0.717) is 35.8 Å². The van der Waals surface area contributed by atoms with Crippen LogP contribution in [0.2, 0.25) is 0 Å². The molecule has 0 unspecified atom stereocenters. The van der Waals surface area contributed by atoms with Gasteiger partial charge in [-0.2, -0.15) is 4.98 Å². The summed E-state index contributed by atoms with van der Waals surface area (Å²) in [6, 6.07) is 0. The fourth-order valence-electron chi connectivity index (χ4n) is 2.55. The summed E-state index contributed by atoms with van der Waals surface area (Å²) in [4.78, 5) is 9.15. The summed E-state index contributed by atoms with van der Waals surface area (Å²) < 4.78 is 5.76. The van der Waals surface area contributed by atoms with E-state index < -0.39 is 0 Å². The molecule has 1 aromatic rings. The zero-order valence-corrected chi connectivity index (χ0v) is 12.8. The van der Waals surface area contributed by atoms with Gasteiger partial charge in [0.05, 0.1) is 6.61 Å². The van der Waals surface area contributed by atoms with E-state index in [-0.39, 0.29) is 0 Å². The monoisotopic (exact) mass is 278 g/mol. The molecule has 1 aliphatic rings. The maximum Gasteiger partial charge on any atom is 0.242 e. The van der Waals surface area contributed by atoms with Crippen LogP contribution in [0.3, 0.4) is 0 Å². The van der Waals surface area contributed by atoms with Gasteiger partial charge in [-0.3, -0.25) is 0 Å². The Kier molecular flexibility index (Phi) is 5.04. The van der Waals surface area contributed by atoms with Gasteiger partial charge in [0.25, 0.3) is 0 Å². The minimum absolute atomic E-state index is 0.442. The van der Waals surface area contributed by atoms with Gasteiger partial charge in [0.2, 0.25) is 5.88 Å². The minimum atomic E-state index is 0.442. The number of hydrogen-bond acceptors (Lipinski definition) is 5. The van der Waals surface area contributed by atoms with Gasteiger partial charge in [-0.05, 0) is 18.8 Å². The summed E-state index contributed by atoms with van der Waals surface area (Å²) >= 11 is 0. The highest BCUT2D eigenvalue weighted by molar-refractivity contribution is 5.66. The molecule has 0 bridgehead atoms. The first-order valence-corrected chi connectivity index (χ1v) is 7.59. The molecule has 1 fully saturated rings. The summed E-state index contributed by atoms with van der Waals surface area (Å²) in [5.74, 6) is 2.97. The van der Waals surface area contributed by atoms with Gasteiger partial charge < -0.3 is 15.8 Å². The average Bonchev–Trinajstić information content (AvgIpc) is 2.47. The van der Waals surface area contributed by atoms with E-state index in [1.807, 2.05) is 7.05 Å². The van der Waals surface area contributed by atoms with Gasteiger partial charge in [-0.25, -0.2) is 4.98 Å². The fourth-order valence-corrected chi connectivity index (χ4v) is 2.55. The molecule has 0 saturated heterocycles. The zero-order chi connectivity index (χ0) is 14.5. The standard InChI is InChI=1S/C15H26N4O/c1-10(2)9-20-15-12(16)14(17-3)18-13(19-15)11-7-5-4-6-8-11/h10-11H,4-9,16H2,1-3H3,(H,17,18,19). The molecule has 1 aliphatic carbocycles. The first-order valence-electron chi connectivity index (χ1n) is 7.59. The molecule has 0 radical (unpaired) electrons. The van der Waals surface area contributed by atoms with Crippen LogP contribution in [-0.4, -0.2) is 23.6 Å². The van der Waals surface area contributed by atoms with Crippen LogP contribution in [0.25, 0.3) is 0 Å². The highest BCUT2D eigenvalue weighted by Crippen LogP contribution is 2.34. The van der Waals surface area contributed by atoms with Crippen molar-refractivity contribution in [2.75, 3.05) is 24.7 Å². The predicted molar refractivity (Wildman–Crippen MR) is 82.2 cm³/mol. The number of anilines is 2. The van der Waals surface area contributed by atoms with Crippen molar-refractivity contribution in [2.45, 2.75) is 51.9 Å². The van der Waals surface area contributed by atoms with E-state index in [4.69, 9.17) is 10.5 Å². The second-order valence-corrected chi connectivity index (χ2v) is 5.94. The van der Waals surface area contributed by atoms with Gasteiger partial charge >= 0.3 is 0 Å². The molecule has 5 nitrogen and oxygen atoms in total. The summed E-state index contributed by atoms with van der Waals surface area (Å²) in [7, 11) is 1.83. The highest BCUT2D eigenvalue weighted by atomic mass is 16.5. The second-order valence-electron chi connectivity index (χ2n) is 5.94. The van der Waals surface area contributed by atoms with Gasteiger partial charge in [0, 0.05) is 13.0 Å². The third-order valence-corrected chi connectivity index (χ3v) is 3.69. The SMILES string of the molecule is CNc1nc(C2CCCCC2)nc(OCC(C)C)c1N. The van der Waals surface area contributed by atoms with Crippen LogP contribution < -0.4 is 15.8 Å². The van der Waals surface area contributed by atoms with Crippen LogP contribution in [-0.2, 0) is 0 Å². The van der Waals surface area contributed by atoms with Crippen molar-refractivity contribution >= 4 is 11.5 Å². The van der Waals surface area contributed by atoms with Crippen molar-refractivity contribution in [1.29, 1.82) is 0 Å². The quantitative estimate of drug-likeness (QED) is 0.865. The summed E-state index contributed by atoms with van der Waals surface area (Å²) in [6.07, 6.45) is 6.17. The first-order chi connectivity index (χ1) is 9.61. The summed E-state index contributed by atoms with van der Waals surface area (Å²) in [5.41, 5.74) is 6.57. The fraction of sp³-hybridized carbons (Fsp3) is 0.733. The molecule has 0 atom stereocenters. The molecule has 0 amide bonds. The Morgan fingerprint density at radius 2 is 1.95 bits per heavy atom. The van der Waals surface area contributed by atoms with Crippen molar-refractivity contribution < 1.29 is 4.74 Å². The maximum absolute atomic E-state index is 6.07. The lowest BCUT2D eigenvalue weighted by Gasteiger charge is -2.22. The Morgan fingerprint density at radius 1 is 1.25 bits per heavy atom. The number of nitrogens with one attached hydrogen (secondary N) is 1. The lowest BCUT2D eigenvalue weighted by Crippen LogP contribution is -2.15. The van der Waals surface area contributed by atoms with E-state index in [0.717, 1.165) is 18.7 Å². The first kappa shape index (κ1) is 14.9. The van der Waals surface area contributed by atoms with Gasteiger partial charge in [-0.1, -0.05) is 33.1 Å². The molecule has 1 aromatic heterocycles.